The molecule has 4 aromatic rings. The number of carbonyl (C=O) groups is 1. The lowest BCUT2D eigenvalue weighted by molar-refractivity contribution is -0.113. The molecule has 1 aliphatic heterocycles. The number of benzene rings is 3. The van der Waals surface area contributed by atoms with Crippen LogP contribution < -0.4 is 24.9 Å². The highest BCUT2D eigenvalue weighted by Gasteiger charge is 2.32. The molecule has 38 heavy (non-hydrogen) atoms. The van der Waals surface area contributed by atoms with E-state index < -0.39 is 6.04 Å². The van der Waals surface area contributed by atoms with Crippen molar-refractivity contribution in [1.82, 2.24) is 4.57 Å². The lowest BCUT2D eigenvalue weighted by atomic mass is 9.95. The van der Waals surface area contributed by atoms with Crippen LogP contribution in [0.3, 0.4) is 0 Å². The summed E-state index contributed by atoms with van der Waals surface area (Å²) in [6.45, 7) is 1.77. The average molecular weight is 655 g/mol. The molecule has 5 rings (SSSR count). The van der Waals surface area contributed by atoms with Crippen molar-refractivity contribution in [3.63, 3.8) is 0 Å². The van der Waals surface area contributed by atoms with Crippen molar-refractivity contribution < 1.29 is 14.6 Å². The molecule has 0 saturated carbocycles. The molecule has 2 N–H and O–H groups in total. The number of methoxy groups -OCH3 is 1. The minimum atomic E-state index is -0.717. The Kier molecular flexibility index (Phi) is 7.38. The number of aromatic hydroxyl groups is 1. The summed E-state index contributed by atoms with van der Waals surface area (Å²) in [5.41, 5.74) is 2.41. The molecule has 0 bridgehead atoms. The first-order chi connectivity index (χ1) is 18.3. The number of allylic oxidation sites excluding steroid dienone is 1. The molecule has 0 saturated heterocycles. The monoisotopic (exact) mass is 653 g/mol. The molecule has 0 fully saturated rings. The molecule has 1 aliphatic rings. The minimum Gasteiger partial charge on any atom is -0.506 e. The molecule has 7 nitrogen and oxygen atoms in total. The second-order valence-electron chi connectivity index (χ2n) is 8.50. The Morgan fingerprint density at radius 1 is 1.13 bits per heavy atom. The molecule has 2 heterocycles. The highest BCUT2D eigenvalue weighted by Crippen LogP contribution is 2.33. The van der Waals surface area contributed by atoms with Gasteiger partial charge in [-0.1, -0.05) is 57.6 Å². The quantitative estimate of drug-likeness (QED) is 0.313. The normalized spacial score (nSPS) is 15.2. The maximum Gasteiger partial charge on any atom is 0.271 e. The summed E-state index contributed by atoms with van der Waals surface area (Å²) in [4.78, 5) is 32.6. The van der Waals surface area contributed by atoms with Crippen LogP contribution in [0.1, 0.15) is 24.1 Å². The molecule has 0 radical (unpaired) electrons. The largest absolute Gasteiger partial charge is 0.506 e. The first-order valence-electron chi connectivity index (χ1n) is 11.5. The SMILES string of the molecule is COc1ccc([C@H]2C(C(=O)Nc3ccccc3)=C(C)N=c3s/c(=C/c4cc(Br)cc(Br)c4O)c(=O)n32)cc1. The van der Waals surface area contributed by atoms with Gasteiger partial charge in [0, 0.05) is 15.7 Å². The molecule has 0 unspecified atom stereocenters. The molecular weight excluding hydrogens is 634 g/mol. The number of carbonyl (C=O) groups excluding carboxylic acids is 1. The van der Waals surface area contributed by atoms with E-state index in [1.54, 1.807) is 56.5 Å². The summed E-state index contributed by atoms with van der Waals surface area (Å²) in [5, 5.41) is 13.5. The predicted molar refractivity (Wildman–Crippen MR) is 155 cm³/mol. The van der Waals surface area contributed by atoms with Crippen LogP contribution in [-0.4, -0.2) is 22.7 Å². The lowest BCUT2D eigenvalue weighted by Crippen LogP contribution is -2.40. The first-order valence-corrected chi connectivity index (χ1v) is 13.9. The Morgan fingerprint density at radius 2 is 1.84 bits per heavy atom. The topological polar surface area (TPSA) is 92.9 Å². The van der Waals surface area contributed by atoms with E-state index in [1.165, 1.54) is 15.9 Å². The minimum absolute atomic E-state index is 0.0184. The Hall–Kier alpha value is -3.47. The van der Waals surface area contributed by atoms with Gasteiger partial charge in [0.2, 0.25) is 0 Å². The van der Waals surface area contributed by atoms with Gasteiger partial charge in [0.05, 0.1) is 33.4 Å². The molecule has 1 amide bonds. The summed E-state index contributed by atoms with van der Waals surface area (Å²) >= 11 is 7.96. The van der Waals surface area contributed by atoms with E-state index in [9.17, 15) is 14.7 Å². The standard InChI is InChI=1S/C28H21Br2N3O4S/c1-15-23(26(35)32-19-6-4-3-5-7-19)24(16-8-10-20(37-2)11-9-16)33-27(36)22(38-28(33)31-15)13-17-12-18(29)14-21(30)25(17)34/h3-14,24,34H,1-2H3,(H,32,35)/b22-13+/t24-/m0/s1. The van der Waals surface area contributed by atoms with E-state index >= 15 is 0 Å². The Balaban J connectivity index is 1.70. The van der Waals surface area contributed by atoms with E-state index in [2.05, 4.69) is 42.2 Å². The maximum atomic E-state index is 13.8. The van der Waals surface area contributed by atoms with Crippen molar-refractivity contribution >= 4 is 60.9 Å². The van der Waals surface area contributed by atoms with Crippen LogP contribution in [0.25, 0.3) is 6.08 Å². The Labute approximate surface area is 238 Å². The number of phenolic OH excluding ortho intramolecular Hbond substituents is 1. The fourth-order valence-electron chi connectivity index (χ4n) is 4.27. The van der Waals surface area contributed by atoms with Gasteiger partial charge >= 0.3 is 0 Å². The number of para-hydroxylation sites is 1. The number of fused-ring (bicyclic) bond motifs is 1. The molecule has 0 aliphatic carbocycles. The third-order valence-electron chi connectivity index (χ3n) is 6.07. The van der Waals surface area contributed by atoms with Gasteiger partial charge in [0.1, 0.15) is 11.5 Å². The van der Waals surface area contributed by atoms with E-state index in [4.69, 9.17) is 4.74 Å². The number of halogens is 2. The van der Waals surface area contributed by atoms with Crippen LogP contribution in [-0.2, 0) is 4.79 Å². The number of amides is 1. The molecule has 1 aromatic heterocycles. The second kappa shape index (κ2) is 10.7. The van der Waals surface area contributed by atoms with Crippen molar-refractivity contribution in [2.45, 2.75) is 13.0 Å². The van der Waals surface area contributed by atoms with E-state index in [-0.39, 0.29) is 17.2 Å². The van der Waals surface area contributed by atoms with Crippen LogP contribution in [0.2, 0.25) is 0 Å². The number of aromatic nitrogens is 1. The lowest BCUT2D eigenvalue weighted by Gasteiger charge is -2.25. The van der Waals surface area contributed by atoms with Gasteiger partial charge < -0.3 is 15.2 Å². The molecular formula is C28H21Br2N3O4S. The van der Waals surface area contributed by atoms with E-state index in [1.807, 2.05) is 30.3 Å². The van der Waals surface area contributed by atoms with Crippen LogP contribution in [0.15, 0.2) is 96.7 Å². The van der Waals surface area contributed by atoms with Gasteiger partial charge in [-0.2, -0.15) is 0 Å². The Morgan fingerprint density at radius 3 is 2.53 bits per heavy atom. The van der Waals surface area contributed by atoms with Gasteiger partial charge in [-0.3, -0.25) is 14.2 Å². The van der Waals surface area contributed by atoms with Gasteiger partial charge in [0.15, 0.2) is 4.80 Å². The van der Waals surface area contributed by atoms with Crippen molar-refractivity contribution in [3.05, 3.63) is 118 Å². The van der Waals surface area contributed by atoms with Crippen molar-refractivity contribution in [2.75, 3.05) is 12.4 Å². The average Bonchev–Trinajstić information content (AvgIpc) is 3.20. The number of rotatable bonds is 5. The molecule has 0 spiro atoms. The number of phenols is 1. The number of ether oxygens (including phenoxy) is 1. The van der Waals surface area contributed by atoms with Crippen molar-refractivity contribution in [2.24, 2.45) is 4.99 Å². The molecule has 1 atom stereocenters. The third-order valence-corrected chi connectivity index (χ3v) is 8.12. The first kappa shape index (κ1) is 26.1. The summed E-state index contributed by atoms with van der Waals surface area (Å²) < 4.78 is 8.47. The maximum absolute atomic E-state index is 13.8. The third kappa shape index (κ3) is 4.99. The fourth-order valence-corrected chi connectivity index (χ4v) is 6.57. The van der Waals surface area contributed by atoms with Crippen LogP contribution in [0.4, 0.5) is 5.69 Å². The Bertz CT molecular complexity index is 1760. The van der Waals surface area contributed by atoms with Crippen LogP contribution in [0, 0.1) is 0 Å². The number of nitrogens with one attached hydrogen (secondary N) is 1. The molecule has 10 heteroatoms. The summed E-state index contributed by atoms with van der Waals surface area (Å²) in [7, 11) is 1.58. The zero-order valence-corrected chi connectivity index (χ0v) is 24.2. The van der Waals surface area contributed by atoms with Gasteiger partial charge in [-0.05, 0) is 70.9 Å². The number of hydrogen-bond donors (Lipinski definition) is 2. The van der Waals surface area contributed by atoms with E-state index in [0.29, 0.717) is 42.1 Å². The molecule has 3 aromatic carbocycles. The second-order valence-corrected chi connectivity index (χ2v) is 11.3. The zero-order chi connectivity index (χ0) is 27.0. The predicted octanol–water partition coefficient (Wildman–Crippen LogP) is 5.11. The van der Waals surface area contributed by atoms with Crippen LogP contribution >= 0.6 is 43.2 Å². The highest BCUT2D eigenvalue weighted by molar-refractivity contribution is 9.11. The van der Waals surface area contributed by atoms with Crippen molar-refractivity contribution in [3.8, 4) is 11.5 Å². The number of nitrogens with zero attached hydrogens (tertiary/aromatic N) is 2. The molecule has 192 valence electrons. The smallest absolute Gasteiger partial charge is 0.271 e. The zero-order valence-electron chi connectivity index (χ0n) is 20.2. The van der Waals surface area contributed by atoms with Crippen LogP contribution in [0.5, 0.6) is 11.5 Å². The summed E-state index contributed by atoms with van der Waals surface area (Å²) in [5.74, 6) is 0.332. The highest BCUT2D eigenvalue weighted by atomic mass is 79.9. The fraction of sp³-hybridized carbons (Fsp3) is 0.107. The number of thiazole rings is 1. The van der Waals surface area contributed by atoms with Crippen molar-refractivity contribution in [1.29, 1.82) is 0 Å². The summed E-state index contributed by atoms with van der Waals surface area (Å²) in [6, 6.07) is 19.1. The van der Waals surface area contributed by atoms with Gasteiger partial charge in [-0.15, -0.1) is 0 Å². The number of anilines is 1. The van der Waals surface area contributed by atoms with E-state index in [0.717, 1.165) is 10.0 Å². The van der Waals surface area contributed by atoms with Gasteiger partial charge in [0.25, 0.3) is 11.5 Å². The summed E-state index contributed by atoms with van der Waals surface area (Å²) in [6.07, 6.45) is 1.63. The van der Waals surface area contributed by atoms with Gasteiger partial charge in [-0.25, -0.2) is 4.99 Å². The number of hydrogen-bond acceptors (Lipinski definition) is 6.